The van der Waals surface area contributed by atoms with E-state index in [-0.39, 0.29) is 11.4 Å². The molecule has 1 aliphatic heterocycles. The predicted molar refractivity (Wildman–Crippen MR) is 79.2 cm³/mol. The van der Waals surface area contributed by atoms with Gasteiger partial charge in [-0.1, -0.05) is 0 Å². The highest BCUT2D eigenvalue weighted by molar-refractivity contribution is 5.80. The number of aldehydes is 1. The zero-order valence-corrected chi connectivity index (χ0v) is 11.7. The van der Waals surface area contributed by atoms with Gasteiger partial charge in [-0.2, -0.15) is 0 Å². The maximum atomic E-state index is 11.0. The number of hydrogen-bond acceptors (Lipinski definition) is 6. The highest BCUT2D eigenvalue weighted by Gasteiger charge is 2.20. The van der Waals surface area contributed by atoms with E-state index in [2.05, 4.69) is 4.90 Å². The second kappa shape index (κ2) is 5.98. The molecule has 7 nitrogen and oxygen atoms in total. The van der Waals surface area contributed by atoms with Crippen LogP contribution >= 0.6 is 0 Å². The van der Waals surface area contributed by atoms with Crippen molar-refractivity contribution >= 4 is 17.7 Å². The predicted octanol–water partition coefficient (Wildman–Crippen LogP) is 2.50. The number of nitrogens with zero attached hydrogens (tertiary/aromatic N) is 2. The van der Waals surface area contributed by atoms with Crippen LogP contribution in [-0.2, 0) is 4.74 Å². The van der Waals surface area contributed by atoms with Gasteiger partial charge in [0.2, 0.25) is 0 Å². The molecule has 2 heterocycles. The van der Waals surface area contributed by atoms with Gasteiger partial charge >= 0.3 is 0 Å². The maximum Gasteiger partial charge on any atom is 0.270 e. The molecular formula is C15H14N2O5. The third-order valence-corrected chi connectivity index (χ3v) is 3.55. The molecule has 1 aromatic heterocycles. The summed E-state index contributed by atoms with van der Waals surface area (Å²) in [5.41, 5.74) is 1.42. The van der Waals surface area contributed by atoms with E-state index in [9.17, 15) is 14.9 Å². The van der Waals surface area contributed by atoms with Crippen LogP contribution in [0, 0.1) is 10.1 Å². The van der Waals surface area contributed by atoms with Crippen molar-refractivity contribution < 1.29 is 18.9 Å². The molecule has 0 atom stereocenters. The Morgan fingerprint density at radius 2 is 1.95 bits per heavy atom. The first-order valence-electron chi connectivity index (χ1n) is 6.85. The Hall–Kier alpha value is -2.67. The van der Waals surface area contributed by atoms with Crippen LogP contribution in [0.2, 0.25) is 0 Å². The molecular weight excluding hydrogens is 288 g/mol. The molecule has 1 saturated heterocycles. The summed E-state index contributed by atoms with van der Waals surface area (Å²) in [4.78, 5) is 23.4. The molecule has 0 bridgehead atoms. The normalized spacial score (nSPS) is 14.8. The maximum absolute atomic E-state index is 11.0. The average molecular weight is 302 g/mol. The molecule has 1 aliphatic rings. The van der Waals surface area contributed by atoms with E-state index in [0.717, 1.165) is 5.69 Å². The molecule has 7 heteroatoms. The number of nitro groups is 1. The highest BCUT2D eigenvalue weighted by atomic mass is 16.6. The largest absolute Gasteiger partial charge is 0.453 e. The first-order valence-corrected chi connectivity index (χ1v) is 6.85. The number of furan rings is 1. The highest BCUT2D eigenvalue weighted by Crippen LogP contribution is 2.35. The summed E-state index contributed by atoms with van der Waals surface area (Å²) in [5.74, 6) is 0.627. The van der Waals surface area contributed by atoms with Gasteiger partial charge in [-0.25, -0.2) is 0 Å². The van der Waals surface area contributed by atoms with Crippen molar-refractivity contribution in [1.29, 1.82) is 0 Å². The third-order valence-electron chi connectivity index (χ3n) is 3.55. The fourth-order valence-corrected chi connectivity index (χ4v) is 2.48. The monoisotopic (exact) mass is 302 g/mol. The van der Waals surface area contributed by atoms with Gasteiger partial charge in [0.15, 0.2) is 12.0 Å². The Morgan fingerprint density at radius 1 is 1.18 bits per heavy atom. The lowest BCUT2D eigenvalue weighted by atomic mass is 10.1. The van der Waals surface area contributed by atoms with Crippen LogP contribution < -0.4 is 4.90 Å². The number of nitro benzene ring substituents is 1. The molecule has 3 rings (SSSR count). The molecule has 0 unspecified atom stereocenters. The lowest BCUT2D eigenvalue weighted by Crippen LogP contribution is -2.36. The van der Waals surface area contributed by atoms with E-state index < -0.39 is 4.92 Å². The molecule has 0 aliphatic carbocycles. The Kier molecular flexibility index (Phi) is 3.88. The second-order valence-electron chi connectivity index (χ2n) is 4.88. The number of non-ortho nitro benzene ring substituents is 1. The van der Waals surface area contributed by atoms with Crippen LogP contribution in [0.25, 0.3) is 11.3 Å². The molecule has 0 saturated carbocycles. The van der Waals surface area contributed by atoms with Gasteiger partial charge in [0, 0.05) is 36.5 Å². The minimum atomic E-state index is -0.448. The number of carbonyl (C=O) groups excluding carboxylic acids is 1. The van der Waals surface area contributed by atoms with Crippen LogP contribution in [-0.4, -0.2) is 37.5 Å². The van der Waals surface area contributed by atoms with Gasteiger partial charge in [0.25, 0.3) is 5.69 Å². The summed E-state index contributed by atoms with van der Waals surface area (Å²) < 4.78 is 10.8. The van der Waals surface area contributed by atoms with Crippen molar-refractivity contribution in [3.8, 4) is 11.3 Å². The second-order valence-corrected chi connectivity index (χ2v) is 4.88. The summed E-state index contributed by atoms with van der Waals surface area (Å²) in [5, 5.41) is 11.0. The summed E-state index contributed by atoms with van der Waals surface area (Å²) in [6.07, 6.45) is 0.606. The summed E-state index contributed by atoms with van der Waals surface area (Å²) >= 11 is 0. The SMILES string of the molecule is O=Cc1ccc(-c2cc([N+](=O)[O-])ccc2N2CCOCC2)o1. The zero-order valence-electron chi connectivity index (χ0n) is 11.7. The Bertz CT molecular complexity index is 704. The van der Waals surface area contributed by atoms with Crippen molar-refractivity contribution in [2.24, 2.45) is 0 Å². The van der Waals surface area contributed by atoms with Crippen molar-refractivity contribution in [3.05, 3.63) is 46.2 Å². The number of anilines is 1. The number of rotatable bonds is 4. The van der Waals surface area contributed by atoms with Gasteiger partial charge in [-0.15, -0.1) is 0 Å². The number of carbonyl (C=O) groups is 1. The Morgan fingerprint density at radius 3 is 2.59 bits per heavy atom. The van der Waals surface area contributed by atoms with Crippen molar-refractivity contribution in [2.75, 3.05) is 31.2 Å². The number of hydrogen-bond donors (Lipinski definition) is 0. The van der Waals surface area contributed by atoms with Crippen molar-refractivity contribution in [1.82, 2.24) is 0 Å². The molecule has 22 heavy (non-hydrogen) atoms. The van der Waals surface area contributed by atoms with E-state index in [1.807, 2.05) is 0 Å². The summed E-state index contributed by atoms with van der Waals surface area (Å²) in [6, 6.07) is 7.84. The van der Waals surface area contributed by atoms with Crippen molar-refractivity contribution in [3.63, 3.8) is 0 Å². The average Bonchev–Trinajstić information content (AvgIpc) is 3.04. The van der Waals surface area contributed by atoms with Gasteiger partial charge in [-0.3, -0.25) is 14.9 Å². The van der Waals surface area contributed by atoms with Crippen LogP contribution in [0.15, 0.2) is 34.7 Å². The molecule has 0 N–H and O–H groups in total. The Balaban J connectivity index is 2.07. The molecule has 0 spiro atoms. The quantitative estimate of drug-likeness (QED) is 0.490. The molecule has 114 valence electrons. The van der Waals surface area contributed by atoms with Crippen molar-refractivity contribution in [2.45, 2.75) is 0 Å². The molecule has 2 aromatic rings. The third kappa shape index (κ3) is 2.71. The van der Waals surface area contributed by atoms with Gasteiger partial charge < -0.3 is 14.1 Å². The minimum Gasteiger partial charge on any atom is -0.453 e. The van der Waals surface area contributed by atoms with Gasteiger partial charge in [0.1, 0.15) is 5.76 Å². The van der Waals surface area contributed by atoms with Crippen LogP contribution in [0.4, 0.5) is 11.4 Å². The molecule has 0 amide bonds. The first-order chi connectivity index (χ1) is 10.7. The number of ether oxygens (including phenoxy) is 1. The smallest absolute Gasteiger partial charge is 0.270 e. The van der Waals surface area contributed by atoms with E-state index in [1.54, 1.807) is 18.2 Å². The number of benzene rings is 1. The molecule has 1 aromatic carbocycles. The first kappa shape index (κ1) is 14.3. The van der Waals surface area contributed by atoms with E-state index in [1.165, 1.54) is 12.1 Å². The standard InChI is InChI=1S/C15H14N2O5/c18-10-12-2-4-15(22-12)13-9-11(17(19)20)1-3-14(13)16-5-7-21-8-6-16/h1-4,9-10H,5-8H2. The van der Waals surface area contributed by atoms with E-state index in [0.29, 0.717) is 43.9 Å². The van der Waals surface area contributed by atoms with Crippen LogP contribution in [0.3, 0.4) is 0 Å². The summed E-state index contributed by atoms with van der Waals surface area (Å²) in [7, 11) is 0. The Labute approximate surface area is 126 Å². The molecule has 0 radical (unpaired) electrons. The number of morpholine rings is 1. The topological polar surface area (TPSA) is 85.8 Å². The molecule has 1 fully saturated rings. The fourth-order valence-electron chi connectivity index (χ4n) is 2.48. The lowest BCUT2D eigenvalue weighted by Gasteiger charge is -2.30. The van der Waals surface area contributed by atoms with E-state index >= 15 is 0 Å². The van der Waals surface area contributed by atoms with Crippen LogP contribution in [0.5, 0.6) is 0 Å². The lowest BCUT2D eigenvalue weighted by molar-refractivity contribution is -0.384. The van der Waals surface area contributed by atoms with E-state index in [4.69, 9.17) is 9.15 Å². The van der Waals surface area contributed by atoms with Gasteiger partial charge in [0.05, 0.1) is 18.1 Å². The minimum absolute atomic E-state index is 0.0175. The zero-order chi connectivity index (χ0) is 15.5. The summed E-state index contributed by atoms with van der Waals surface area (Å²) in [6.45, 7) is 2.61. The fraction of sp³-hybridized carbons (Fsp3) is 0.267. The van der Waals surface area contributed by atoms with Crippen LogP contribution in [0.1, 0.15) is 10.6 Å². The van der Waals surface area contributed by atoms with Gasteiger partial charge in [-0.05, 0) is 18.2 Å².